The summed E-state index contributed by atoms with van der Waals surface area (Å²) >= 11 is 0. The molecule has 2 rings (SSSR count). The van der Waals surface area contributed by atoms with Gasteiger partial charge in [0.05, 0.1) is 11.0 Å². The summed E-state index contributed by atoms with van der Waals surface area (Å²) in [6, 6.07) is 2.24. The van der Waals surface area contributed by atoms with Crippen LogP contribution in [0.2, 0.25) is 0 Å². The van der Waals surface area contributed by atoms with Crippen molar-refractivity contribution >= 4 is 17.6 Å². The van der Waals surface area contributed by atoms with E-state index in [1.807, 2.05) is 0 Å². The number of esters is 1. The molecule has 1 aromatic rings. The van der Waals surface area contributed by atoms with E-state index in [9.17, 15) is 19.7 Å². The molecule has 1 amide bonds. The average Bonchev–Trinajstić information content (AvgIpc) is 2.89. The van der Waals surface area contributed by atoms with E-state index in [1.165, 1.54) is 7.05 Å². The Balaban J connectivity index is 2.27. The number of rotatable bonds is 4. The van der Waals surface area contributed by atoms with Crippen LogP contribution in [-0.4, -0.2) is 37.2 Å². The zero-order valence-electron chi connectivity index (χ0n) is 10.4. The minimum atomic E-state index is -0.987. The Morgan fingerprint density at radius 3 is 2.65 bits per heavy atom. The quantitative estimate of drug-likeness (QED) is 0.477. The fourth-order valence-corrected chi connectivity index (χ4v) is 1.53. The van der Waals surface area contributed by atoms with Gasteiger partial charge in [0.25, 0.3) is 11.6 Å². The van der Waals surface area contributed by atoms with Crippen molar-refractivity contribution in [2.24, 2.45) is 0 Å². The molecule has 1 aromatic carbocycles. The number of carbonyl (C=O) groups is 2. The van der Waals surface area contributed by atoms with Crippen molar-refractivity contribution in [3.8, 4) is 11.5 Å². The van der Waals surface area contributed by atoms with Crippen molar-refractivity contribution in [2.45, 2.75) is 0 Å². The number of nitrogens with one attached hydrogen (secondary N) is 1. The molecule has 0 atom stereocenters. The summed E-state index contributed by atoms with van der Waals surface area (Å²) in [7, 11) is 1.37. The summed E-state index contributed by atoms with van der Waals surface area (Å²) in [5.41, 5.74) is -0.778. The van der Waals surface area contributed by atoms with Crippen molar-refractivity contribution in [1.82, 2.24) is 5.32 Å². The molecule has 0 spiro atoms. The van der Waals surface area contributed by atoms with E-state index in [2.05, 4.69) is 10.1 Å². The Morgan fingerprint density at radius 2 is 2.05 bits per heavy atom. The molecule has 9 heteroatoms. The molecular weight excluding hydrogens is 272 g/mol. The Bertz CT molecular complexity index is 584. The molecule has 1 N–H and O–H groups in total. The van der Waals surface area contributed by atoms with Crippen molar-refractivity contribution in [3.63, 3.8) is 0 Å². The summed E-state index contributed by atoms with van der Waals surface area (Å²) in [6.45, 7) is -0.607. The lowest BCUT2D eigenvalue weighted by Crippen LogP contribution is -2.25. The van der Waals surface area contributed by atoms with Gasteiger partial charge in [0, 0.05) is 13.1 Å². The number of likely N-dealkylation sites (N-methyl/N-ethyl adjacent to an activating group) is 1. The van der Waals surface area contributed by atoms with Crippen molar-refractivity contribution in [2.75, 3.05) is 20.4 Å². The largest absolute Gasteiger partial charge is 0.454 e. The minimum Gasteiger partial charge on any atom is -0.454 e. The zero-order valence-corrected chi connectivity index (χ0v) is 10.4. The molecule has 106 valence electrons. The van der Waals surface area contributed by atoms with E-state index >= 15 is 0 Å². The van der Waals surface area contributed by atoms with Crippen LogP contribution < -0.4 is 14.8 Å². The third-order valence-electron chi connectivity index (χ3n) is 2.52. The Hall–Kier alpha value is -2.84. The van der Waals surface area contributed by atoms with E-state index in [0.717, 1.165) is 12.1 Å². The molecule has 0 fully saturated rings. The van der Waals surface area contributed by atoms with E-state index < -0.39 is 29.1 Å². The van der Waals surface area contributed by atoms with E-state index in [0.29, 0.717) is 0 Å². The molecule has 9 nitrogen and oxygen atoms in total. The highest BCUT2D eigenvalue weighted by Gasteiger charge is 2.28. The van der Waals surface area contributed by atoms with Crippen LogP contribution in [0.4, 0.5) is 5.69 Å². The van der Waals surface area contributed by atoms with Gasteiger partial charge in [-0.25, -0.2) is 4.79 Å². The first-order valence-electron chi connectivity index (χ1n) is 5.48. The lowest BCUT2D eigenvalue weighted by molar-refractivity contribution is -0.385. The first kappa shape index (κ1) is 13.6. The standard InChI is InChI=1S/C11H10N2O7/c1-12-10(14)4-18-11(15)6-2-8-9(20-5-19-8)3-7(6)13(16)17/h2-3H,4-5H2,1H3,(H,12,14). The number of hydrogen-bond donors (Lipinski definition) is 1. The van der Waals surface area contributed by atoms with Gasteiger partial charge in [-0.05, 0) is 0 Å². The molecule has 0 unspecified atom stereocenters. The number of nitro groups is 1. The maximum absolute atomic E-state index is 11.8. The number of nitrogens with zero attached hydrogens (tertiary/aromatic N) is 1. The highest BCUT2D eigenvalue weighted by atomic mass is 16.7. The third-order valence-corrected chi connectivity index (χ3v) is 2.52. The van der Waals surface area contributed by atoms with Crippen LogP contribution in [0.3, 0.4) is 0 Å². The Labute approximate surface area is 112 Å². The summed E-state index contributed by atoms with van der Waals surface area (Å²) in [6.07, 6.45) is 0. The Kier molecular flexibility index (Phi) is 3.69. The molecule has 0 radical (unpaired) electrons. The second kappa shape index (κ2) is 5.43. The molecule has 1 heterocycles. The van der Waals surface area contributed by atoms with Crippen LogP contribution >= 0.6 is 0 Å². The van der Waals surface area contributed by atoms with E-state index in [1.54, 1.807) is 0 Å². The van der Waals surface area contributed by atoms with Crippen LogP contribution in [-0.2, 0) is 9.53 Å². The first-order chi connectivity index (χ1) is 9.52. The number of hydrogen-bond acceptors (Lipinski definition) is 7. The summed E-state index contributed by atoms with van der Waals surface area (Å²) in [4.78, 5) is 33.0. The van der Waals surface area contributed by atoms with Crippen molar-refractivity contribution in [1.29, 1.82) is 0 Å². The van der Waals surface area contributed by atoms with Gasteiger partial charge in [-0.2, -0.15) is 0 Å². The number of fused-ring (bicyclic) bond motifs is 1. The second-order valence-electron chi connectivity index (χ2n) is 3.73. The Morgan fingerprint density at radius 1 is 1.40 bits per heavy atom. The summed E-state index contributed by atoms with van der Waals surface area (Å²) in [5.74, 6) is -1.12. The van der Waals surface area contributed by atoms with Gasteiger partial charge >= 0.3 is 5.97 Å². The van der Waals surface area contributed by atoms with Crippen LogP contribution in [0.25, 0.3) is 0 Å². The number of benzene rings is 1. The lowest BCUT2D eigenvalue weighted by atomic mass is 10.1. The number of ether oxygens (including phenoxy) is 3. The van der Waals surface area contributed by atoms with E-state index in [4.69, 9.17) is 9.47 Å². The van der Waals surface area contributed by atoms with Crippen molar-refractivity contribution in [3.05, 3.63) is 27.8 Å². The molecule has 0 bridgehead atoms. The molecule has 1 aliphatic heterocycles. The van der Waals surface area contributed by atoms with Crippen LogP contribution in [0, 0.1) is 10.1 Å². The number of amides is 1. The van der Waals surface area contributed by atoms with Crippen LogP contribution in [0.15, 0.2) is 12.1 Å². The van der Waals surface area contributed by atoms with E-state index in [-0.39, 0.29) is 23.9 Å². The maximum Gasteiger partial charge on any atom is 0.345 e. The fraction of sp³-hybridized carbons (Fsp3) is 0.273. The number of carbonyl (C=O) groups excluding carboxylic acids is 2. The fourth-order valence-electron chi connectivity index (χ4n) is 1.53. The number of nitro benzene ring substituents is 1. The van der Waals surface area contributed by atoms with Gasteiger partial charge < -0.3 is 19.5 Å². The minimum absolute atomic E-state index is 0.0801. The topological polar surface area (TPSA) is 117 Å². The van der Waals surface area contributed by atoms with Gasteiger partial charge in [-0.15, -0.1) is 0 Å². The molecule has 0 saturated heterocycles. The normalized spacial score (nSPS) is 11.8. The molecule has 0 aliphatic carbocycles. The zero-order chi connectivity index (χ0) is 14.7. The lowest BCUT2D eigenvalue weighted by Gasteiger charge is -2.05. The monoisotopic (exact) mass is 282 g/mol. The predicted octanol–water partition coefficient (Wildman–Crippen LogP) is 0.226. The SMILES string of the molecule is CNC(=O)COC(=O)c1cc2c(cc1[N+](=O)[O-])OCO2. The molecule has 0 saturated carbocycles. The average molecular weight is 282 g/mol. The molecular formula is C11H10N2O7. The smallest absolute Gasteiger partial charge is 0.345 e. The second-order valence-corrected chi connectivity index (χ2v) is 3.73. The molecule has 0 aromatic heterocycles. The highest BCUT2D eigenvalue weighted by molar-refractivity contribution is 5.96. The summed E-state index contributed by atoms with van der Waals surface area (Å²) < 4.78 is 14.7. The van der Waals surface area contributed by atoms with Crippen LogP contribution in [0.1, 0.15) is 10.4 Å². The third kappa shape index (κ3) is 2.60. The van der Waals surface area contributed by atoms with Crippen molar-refractivity contribution < 1.29 is 28.7 Å². The predicted molar refractivity (Wildman–Crippen MR) is 63.6 cm³/mol. The van der Waals surface area contributed by atoms with Gasteiger partial charge in [0.2, 0.25) is 6.79 Å². The van der Waals surface area contributed by atoms with Gasteiger partial charge in [0.1, 0.15) is 5.56 Å². The van der Waals surface area contributed by atoms with Crippen LogP contribution in [0.5, 0.6) is 11.5 Å². The molecule has 1 aliphatic rings. The maximum atomic E-state index is 11.8. The van der Waals surface area contributed by atoms with Gasteiger partial charge in [-0.1, -0.05) is 0 Å². The van der Waals surface area contributed by atoms with Gasteiger partial charge in [0.15, 0.2) is 18.1 Å². The first-order valence-corrected chi connectivity index (χ1v) is 5.48. The van der Waals surface area contributed by atoms with Gasteiger partial charge in [-0.3, -0.25) is 14.9 Å². The summed E-state index contributed by atoms with van der Waals surface area (Å²) in [5, 5.41) is 13.2. The highest BCUT2D eigenvalue weighted by Crippen LogP contribution is 2.38. The molecule has 20 heavy (non-hydrogen) atoms.